The molecule has 0 aromatic heterocycles. The first-order valence-corrected chi connectivity index (χ1v) is 8.34. The SMILES string of the molecule is Cc1ccc(N(C)C2(CN)CCN3CCCCC32)c(C)c1. The van der Waals surface area contributed by atoms with Gasteiger partial charge in [0.05, 0.1) is 5.54 Å². The molecule has 0 aliphatic carbocycles. The van der Waals surface area contributed by atoms with E-state index in [0.717, 1.165) is 6.54 Å². The van der Waals surface area contributed by atoms with Crippen LogP contribution in [0, 0.1) is 13.8 Å². The van der Waals surface area contributed by atoms with E-state index in [2.05, 4.69) is 48.9 Å². The number of likely N-dealkylation sites (N-methyl/N-ethyl adjacent to an activating group) is 1. The van der Waals surface area contributed by atoms with Gasteiger partial charge in [-0.25, -0.2) is 0 Å². The largest absolute Gasteiger partial charge is 0.366 e. The van der Waals surface area contributed by atoms with Crippen molar-refractivity contribution < 1.29 is 0 Å². The summed E-state index contributed by atoms with van der Waals surface area (Å²) in [6.45, 7) is 7.59. The quantitative estimate of drug-likeness (QED) is 0.928. The molecule has 3 heteroatoms. The van der Waals surface area contributed by atoms with E-state index in [9.17, 15) is 0 Å². The van der Waals surface area contributed by atoms with Gasteiger partial charge in [0.1, 0.15) is 0 Å². The fourth-order valence-electron chi connectivity index (χ4n) is 4.56. The van der Waals surface area contributed by atoms with Crippen molar-refractivity contribution in [2.24, 2.45) is 5.73 Å². The van der Waals surface area contributed by atoms with Crippen LogP contribution in [0.3, 0.4) is 0 Å². The summed E-state index contributed by atoms with van der Waals surface area (Å²) in [6, 6.07) is 7.40. The Labute approximate surface area is 129 Å². The fraction of sp³-hybridized carbons (Fsp3) is 0.667. The van der Waals surface area contributed by atoms with Crippen LogP contribution in [0.4, 0.5) is 5.69 Å². The van der Waals surface area contributed by atoms with Crippen LogP contribution in [0.25, 0.3) is 0 Å². The van der Waals surface area contributed by atoms with Gasteiger partial charge in [-0.3, -0.25) is 4.90 Å². The van der Waals surface area contributed by atoms with Crippen LogP contribution in [0.5, 0.6) is 0 Å². The van der Waals surface area contributed by atoms with E-state index in [4.69, 9.17) is 5.73 Å². The maximum Gasteiger partial charge on any atom is 0.0687 e. The first kappa shape index (κ1) is 14.9. The second-order valence-corrected chi connectivity index (χ2v) is 6.95. The Morgan fingerprint density at radius 1 is 1.29 bits per heavy atom. The number of rotatable bonds is 3. The van der Waals surface area contributed by atoms with Crippen LogP contribution in [0.15, 0.2) is 18.2 Å². The minimum Gasteiger partial charge on any atom is -0.366 e. The molecule has 0 bridgehead atoms. The molecule has 2 atom stereocenters. The Balaban J connectivity index is 1.95. The Kier molecular flexibility index (Phi) is 3.98. The molecule has 0 saturated carbocycles. The number of anilines is 1. The maximum absolute atomic E-state index is 6.33. The van der Waals surface area contributed by atoms with Crippen LogP contribution in [-0.4, -0.2) is 43.2 Å². The van der Waals surface area contributed by atoms with Gasteiger partial charge in [-0.2, -0.15) is 0 Å². The Bertz CT molecular complexity index is 513. The van der Waals surface area contributed by atoms with Gasteiger partial charge in [-0.1, -0.05) is 24.1 Å². The third kappa shape index (κ3) is 2.36. The molecule has 2 fully saturated rings. The van der Waals surface area contributed by atoms with Gasteiger partial charge in [0, 0.05) is 31.9 Å². The minimum atomic E-state index is 0.112. The summed E-state index contributed by atoms with van der Waals surface area (Å²) in [5.74, 6) is 0. The van der Waals surface area contributed by atoms with Crippen molar-refractivity contribution in [2.75, 3.05) is 31.6 Å². The van der Waals surface area contributed by atoms with Crippen molar-refractivity contribution >= 4 is 5.69 Å². The van der Waals surface area contributed by atoms with Crippen molar-refractivity contribution in [3.8, 4) is 0 Å². The van der Waals surface area contributed by atoms with Crippen molar-refractivity contribution in [1.82, 2.24) is 4.90 Å². The van der Waals surface area contributed by atoms with Crippen molar-refractivity contribution in [2.45, 2.75) is 51.1 Å². The topological polar surface area (TPSA) is 32.5 Å². The molecule has 2 heterocycles. The van der Waals surface area contributed by atoms with E-state index in [1.54, 1.807) is 0 Å². The lowest BCUT2D eigenvalue weighted by Gasteiger charge is -2.47. The molecule has 3 nitrogen and oxygen atoms in total. The number of hydrogen-bond acceptors (Lipinski definition) is 3. The molecule has 3 rings (SSSR count). The molecule has 1 aromatic rings. The van der Waals surface area contributed by atoms with Crippen LogP contribution in [-0.2, 0) is 0 Å². The van der Waals surface area contributed by atoms with Crippen molar-refractivity contribution in [1.29, 1.82) is 0 Å². The number of fused-ring (bicyclic) bond motifs is 1. The van der Waals surface area contributed by atoms with Crippen LogP contribution in [0.1, 0.15) is 36.8 Å². The summed E-state index contributed by atoms with van der Waals surface area (Å²) in [7, 11) is 2.25. The Morgan fingerprint density at radius 3 is 2.81 bits per heavy atom. The Morgan fingerprint density at radius 2 is 2.10 bits per heavy atom. The first-order chi connectivity index (χ1) is 10.1. The summed E-state index contributed by atoms with van der Waals surface area (Å²) >= 11 is 0. The molecular formula is C18H29N3. The van der Waals surface area contributed by atoms with Crippen LogP contribution < -0.4 is 10.6 Å². The van der Waals surface area contributed by atoms with Crippen molar-refractivity contribution in [3.05, 3.63) is 29.3 Å². The monoisotopic (exact) mass is 287 g/mol. The van der Waals surface area contributed by atoms with Crippen LogP contribution in [0.2, 0.25) is 0 Å². The van der Waals surface area contributed by atoms with Crippen LogP contribution >= 0.6 is 0 Å². The maximum atomic E-state index is 6.33. The molecule has 2 aliphatic rings. The first-order valence-electron chi connectivity index (χ1n) is 8.34. The zero-order valence-corrected chi connectivity index (χ0v) is 13.7. The predicted octanol–water partition coefficient (Wildman–Crippen LogP) is 2.70. The average molecular weight is 287 g/mol. The highest BCUT2D eigenvalue weighted by molar-refractivity contribution is 5.56. The van der Waals surface area contributed by atoms with E-state index in [1.165, 1.54) is 55.6 Å². The number of piperidine rings is 1. The van der Waals surface area contributed by atoms with E-state index in [1.807, 2.05) is 0 Å². The van der Waals surface area contributed by atoms with Gasteiger partial charge in [0.15, 0.2) is 0 Å². The molecule has 21 heavy (non-hydrogen) atoms. The van der Waals surface area contributed by atoms with Gasteiger partial charge in [-0.15, -0.1) is 0 Å². The van der Waals surface area contributed by atoms with E-state index in [0.29, 0.717) is 6.04 Å². The molecule has 0 spiro atoms. The molecule has 2 saturated heterocycles. The third-order valence-electron chi connectivity index (χ3n) is 5.80. The van der Waals surface area contributed by atoms with Gasteiger partial charge < -0.3 is 10.6 Å². The lowest BCUT2D eigenvalue weighted by Crippen LogP contribution is -2.61. The van der Waals surface area contributed by atoms with E-state index < -0.39 is 0 Å². The zero-order chi connectivity index (χ0) is 15.0. The molecule has 0 amide bonds. The van der Waals surface area contributed by atoms with Crippen molar-refractivity contribution in [3.63, 3.8) is 0 Å². The van der Waals surface area contributed by atoms with Gasteiger partial charge in [0.2, 0.25) is 0 Å². The number of benzene rings is 1. The molecular weight excluding hydrogens is 258 g/mol. The number of aryl methyl sites for hydroxylation is 2. The normalized spacial score (nSPS) is 29.4. The fourth-order valence-corrected chi connectivity index (χ4v) is 4.56. The smallest absolute Gasteiger partial charge is 0.0687 e. The minimum absolute atomic E-state index is 0.112. The summed E-state index contributed by atoms with van der Waals surface area (Å²) in [5.41, 5.74) is 10.5. The molecule has 116 valence electrons. The highest BCUT2D eigenvalue weighted by atomic mass is 15.3. The second-order valence-electron chi connectivity index (χ2n) is 6.95. The molecule has 0 radical (unpaired) electrons. The predicted molar refractivity (Wildman–Crippen MR) is 89.9 cm³/mol. The highest BCUT2D eigenvalue weighted by Gasteiger charge is 2.49. The van der Waals surface area contributed by atoms with E-state index >= 15 is 0 Å². The second kappa shape index (κ2) is 5.62. The lowest BCUT2D eigenvalue weighted by atomic mass is 9.83. The lowest BCUT2D eigenvalue weighted by molar-refractivity contribution is 0.157. The van der Waals surface area contributed by atoms with Gasteiger partial charge in [0.25, 0.3) is 0 Å². The van der Waals surface area contributed by atoms with Gasteiger partial charge >= 0.3 is 0 Å². The number of nitrogens with two attached hydrogens (primary N) is 1. The number of nitrogens with zero attached hydrogens (tertiary/aromatic N) is 2. The Hall–Kier alpha value is -1.06. The standard InChI is InChI=1S/C18H29N3/c1-14-7-8-16(15(2)12-14)20(3)18(13-19)9-11-21-10-5-4-6-17(18)21/h7-8,12,17H,4-6,9-11,13,19H2,1-3H3. The van der Waals surface area contributed by atoms with Gasteiger partial charge in [-0.05, 0) is 51.3 Å². The summed E-state index contributed by atoms with van der Waals surface area (Å²) < 4.78 is 0. The zero-order valence-electron chi connectivity index (χ0n) is 13.7. The molecule has 2 aliphatic heterocycles. The third-order valence-corrected chi connectivity index (χ3v) is 5.80. The summed E-state index contributed by atoms with van der Waals surface area (Å²) in [5, 5.41) is 0. The summed E-state index contributed by atoms with van der Waals surface area (Å²) in [4.78, 5) is 5.17. The molecule has 2 unspecified atom stereocenters. The molecule has 2 N–H and O–H groups in total. The van der Waals surface area contributed by atoms with E-state index in [-0.39, 0.29) is 5.54 Å². The molecule has 1 aromatic carbocycles. The summed E-state index contributed by atoms with van der Waals surface area (Å²) in [6.07, 6.45) is 5.19. The average Bonchev–Trinajstić information content (AvgIpc) is 2.87. The highest BCUT2D eigenvalue weighted by Crippen LogP contribution is 2.41. The number of hydrogen-bond donors (Lipinski definition) is 1.